The molecule has 3 nitrogen and oxygen atoms in total. The normalized spacial score (nSPS) is 33.7. The molecule has 0 heterocycles. The first-order valence-electron chi connectivity index (χ1n) is 8.02. The van der Waals surface area contributed by atoms with Crippen molar-refractivity contribution in [3.63, 3.8) is 0 Å². The van der Waals surface area contributed by atoms with Gasteiger partial charge >= 0.3 is 5.97 Å². The van der Waals surface area contributed by atoms with Gasteiger partial charge in [0.2, 0.25) is 0 Å². The Kier molecular flexibility index (Phi) is 5.26. The van der Waals surface area contributed by atoms with Gasteiger partial charge in [0.15, 0.2) is 0 Å². The number of nitrogens with one attached hydrogen (secondary N) is 1. The minimum absolute atomic E-state index is 0.0383. The summed E-state index contributed by atoms with van der Waals surface area (Å²) in [6.07, 6.45) is 11.9. The van der Waals surface area contributed by atoms with Gasteiger partial charge < -0.3 is 4.74 Å². The van der Waals surface area contributed by atoms with Crippen LogP contribution in [-0.2, 0) is 9.53 Å². The van der Waals surface area contributed by atoms with Crippen LogP contribution in [0.1, 0.15) is 71.1 Å². The molecule has 0 saturated heterocycles. The van der Waals surface area contributed by atoms with Gasteiger partial charge in [-0.25, -0.2) is 0 Å². The minimum Gasteiger partial charge on any atom is -0.468 e. The van der Waals surface area contributed by atoms with Gasteiger partial charge in [-0.15, -0.1) is 0 Å². The lowest BCUT2D eigenvalue weighted by Gasteiger charge is -2.40. The van der Waals surface area contributed by atoms with Crippen molar-refractivity contribution in [2.24, 2.45) is 5.92 Å². The van der Waals surface area contributed by atoms with E-state index < -0.39 is 5.54 Å². The summed E-state index contributed by atoms with van der Waals surface area (Å²) in [7, 11) is 1.52. The number of rotatable bonds is 3. The van der Waals surface area contributed by atoms with Crippen LogP contribution in [0.15, 0.2) is 0 Å². The zero-order valence-electron chi connectivity index (χ0n) is 12.5. The van der Waals surface area contributed by atoms with Gasteiger partial charge in [-0.05, 0) is 44.4 Å². The average Bonchev–Trinajstić information content (AvgIpc) is 2.69. The van der Waals surface area contributed by atoms with Crippen LogP contribution < -0.4 is 5.32 Å². The molecule has 0 unspecified atom stereocenters. The summed E-state index contributed by atoms with van der Waals surface area (Å²) in [6, 6.07) is 0.509. The van der Waals surface area contributed by atoms with Crippen LogP contribution in [0, 0.1) is 5.92 Å². The lowest BCUT2D eigenvalue weighted by atomic mass is 9.76. The molecule has 110 valence electrons. The molecule has 2 aliphatic carbocycles. The zero-order chi connectivity index (χ0) is 13.7. The summed E-state index contributed by atoms with van der Waals surface area (Å²) in [4.78, 5) is 12.3. The SMILES string of the molecule is COC(=O)C1(NC2CCCCCC2)CCC(C)CC1. The Bertz CT molecular complexity index is 287. The van der Waals surface area contributed by atoms with Crippen molar-refractivity contribution in [3.05, 3.63) is 0 Å². The van der Waals surface area contributed by atoms with E-state index in [4.69, 9.17) is 4.74 Å². The van der Waals surface area contributed by atoms with Crippen molar-refractivity contribution < 1.29 is 9.53 Å². The van der Waals surface area contributed by atoms with Crippen LogP contribution in [0.4, 0.5) is 0 Å². The van der Waals surface area contributed by atoms with Gasteiger partial charge in [0.25, 0.3) is 0 Å². The fourth-order valence-electron chi connectivity index (χ4n) is 3.67. The lowest BCUT2D eigenvalue weighted by molar-refractivity contribution is -0.151. The van der Waals surface area contributed by atoms with Crippen molar-refractivity contribution in [2.75, 3.05) is 7.11 Å². The molecule has 2 aliphatic rings. The van der Waals surface area contributed by atoms with E-state index >= 15 is 0 Å². The number of carbonyl (C=O) groups is 1. The minimum atomic E-state index is -0.393. The standard InChI is InChI=1S/C16H29NO2/c1-13-9-11-16(12-10-13,15(18)19-2)17-14-7-5-3-4-6-8-14/h13-14,17H,3-12H2,1-2H3. The molecule has 0 spiro atoms. The van der Waals surface area contributed by atoms with E-state index in [0.29, 0.717) is 6.04 Å². The summed E-state index contributed by atoms with van der Waals surface area (Å²) >= 11 is 0. The highest BCUT2D eigenvalue weighted by atomic mass is 16.5. The summed E-state index contributed by atoms with van der Waals surface area (Å²) in [6.45, 7) is 2.28. The van der Waals surface area contributed by atoms with Crippen molar-refractivity contribution >= 4 is 5.97 Å². The molecule has 3 heteroatoms. The highest BCUT2D eigenvalue weighted by molar-refractivity contribution is 5.81. The van der Waals surface area contributed by atoms with E-state index in [-0.39, 0.29) is 5.97 Å². The maximum absolute atomic E-state index is 12.3. The topological polar surface area (TPSA) is 38.3 Å². The molecule has 2 saturated carbocycles. The van der Waals surface area contributed by atoms with Gasteiger partial charge in [0.05, 0.1) is 7.11 Å². The summed E-state index contributed by atoms with van der Waals surface area (Å²) < 4.78 is 5.10. The number of hydrogen-bond acceptors (Lipinski definition) is 3. The van der Waals surface area contributed by atoms with E-state index in [1.807, 2.05) is 0 Å². The van der Waals surface area contributed by atoms with Gasteiger partial charge in [-0.1, -0.05) is 32.6 Å². The molecule has 0 amide bonds. The Labute approximate surface area is 117 Å². The molecule has 0 aromatic heterocycles. The Morgan fingerprint density at radius 3 is 2.16 bits per heavy atom. The summed E-state index contributed by atoms with van der Waals surface area (Å²) in [5.74, 6) is 0.706. The van der Waals surface area contributed by atoms with Crippen molar-refractivity contribution in [1.82, 2.24) is 5.32 Å². The second-order valence-electron chi connectivity index (χ2n) is 6.59. The first kappa shape index (κ1) is 14.8. The van der Waals surface area contributed by atoms with E-state index in [0.717, 1.165) is 31.6 Å². The van der Waals surface area contributed by atoms with E-state index in [1.54, 1.807) is 0 Å². The van der Waals surface area contributed by atoms with Crippen LogP contribution in [0.5, 0.6) is 0 Å². The second kappa shape index (κ2) is 6.74. The average molecular weight is 267 g/mol. The fraction of sp³-hybridized carbons (Fsp3) is 0.938. The zero-order valence-corrected chi connectivity index (χ0v) is 12.5. The first-order chi connectivity index (χ1) is 9.16. The molecule has 2 fully saturated rings. The van der Waals surface area contributed by atoms with Crippen LogP contribution in [0.2, 0.25) is 0 Å². The Morgan fingerprint density at radius 2 is 1.63 bits per heavy atom. The molecule has 0 atom stereocenters. The molecule has 0 radical (unpaired) electrons. The Morgan fingerprint density at radius 1 is 1.05 bits per heavy atom. The van der Waals surface area contributed by atoms with Crippen LogP contribution in [-0.4, -0.2) is 24.7 Å². The molecule has 0 aliphatic heterocycles. The molecule has 0 bridgehead atoms. The van der Waals surface area contributed by atoms with Gasteiger partial charge in [0.1, 0.15) is 5.54 Å². The number of esters is 1. The third kappa shape index (κ3) is 3.71. The number of carbonyl (C=O) groups excluding carboxylic acids is 1. The van der Waals surface area contributed by atoms with Crippen molar-refractivity contribution in [2.45, 2.75) is 82.7 Å². The fourth-order valence-corrected chi connectivity index (χ4v) is 3.67. The third-order valence-corrected chi connectivity index (χ3v) is 5.04. The van der Waals surface area contributed by atoms with Crippen molar-refractivity contribution in [1.29, 1.82) is 0 Å². The third-order valence-electron chi connectivity index (χ3n) is 5.04. The molecule has 2 rings (SSSR count). The monoisotopic (exact) mass is 267 g/mol. The predicted octanol–water partition coefficient (Wildman–Crippen LogP) is 3.42. The second-order valence-corrected chi connectivity index (χ2v) is 6.59. The quantitative estimate of drug-likeness (QED) is 0.629. The van der Waals surface area contributed by atoms with Crippen molar-refractivity contribution in [3.8, 4) is 0 Å². The van der Waals surface area contributed by atoms with Crippen LogP contribution in [0.25, 0.3) is 0 Å². The number of hydrogen-bond donors (Lipinski definition) is 1. The van der Waals surface area contributed by atoms with Gasteiger partial charge in [-0.3, -0.25) is 10.1 Å². The molecule has 19 heavy (non-hydrogen) atoms. The smallest absolute Gasteiger partial charge is 0.326 e. The number of methoxy groups -OCH3 is 1. The summed E-state index contributed by atoms with van der Waals surface area (Å²) in [5, 5.41) is 3.71. The van der Waals surface area contributed by atoms with E-state index in [2.05, 4.69) is 12.2 Å². The number of ether oxygens (including phenoxy) is 1. The first-order valence-corrected chi connectivity index (χ1v) is 8.02. The lowest BCUT2D eigenvalue weighted by Crippen LogP contribution is -2.58. The molecule has 0 aromatic rings. The van der Waals surface area contributed by atoms with E-state index in [9.17, 15) is 4.79 Å². The van der Waals surface area contributed by atoms with Gasteiger partial charge in [-0.2, -0.15) is 0 Å². The highest BCUT2D eigenvalue weighted by Crippen LogP contribution is 2.34. The Balaban J connectivity index is 2.02. The molecule has 1 N–H and O–H groups in total. The maximum Gasteiger partial charge on any atom is 0.326 e. The van der Waals surface area contributed by atoms with Crippen LogP contribution in [0.3, 0.4) is 0 Å². The summed E-state index contributed by atoms with van der Waals surface area (Å²) in [5.41, 5.74) is -0.393. The van der Waals surface area contributed by atoms with E-state index in [1.165, 1.54) is 45.6 Å². The van der Waals surface area contributed by atoms with Crippen LogP contribution >= 0.6 is 0 Å². The molecule has 0 aromatic carbocycles. The maximum atomic E-state index is 12.3. The largest absolute Gasteiger partial charge is 0.468 e. The predicted molar refractivity (Wildman–Crippen MR) is 77.0 cm³/mol. The highest BCUT2D eigenvalue weighted by Gasteiger charge is 2.43. The molecular formula is C16H29NO2. The Hall–Kier alpha value is -0.570. The van der Waals surface area contributed by atoms with Gasteiger partial charge in [0, 0.05) is 6.04 Å². The molecular weight excluding hydrogens is 238 g/mol.